The van der Waals surface area contributed by atoms with Crippen molar-refractivity contribution in [2.75, 3.05) is 18.4 Å². The molecule has 0 spiro atoms. The molecule has 32 heavy (non-hydrogen) atoms. The van der Waals surface area contributed by atoms with Crippen LogP contribution >= 0.6 is 0 Å². The van der Waals surface area contributed by atoms with E-state index >= 15 is 0 Å². The van der Waals surface area contributed by atoms with Gasteiger partial charge in [-0.15, -0.1) is 0 Å². The molecule has 9 heteroatoms. The summed E-state index contributed by atoms with van der Waals surface area (Å²) in [5.41, 5.74) is 0.321. The molecule has 1 atom stereocenters. The summed E-state index contributed by atoms with van der Waals surface area (Å²) in [4.78, 5) is 30.8. The van der Waals surface area contributed by atoms with Crippen LogP contribution in [0.1, 0.15) is 36.5 Å². The zero-order valence-corrected chi connectivity index (χ0v) is 18.7. The Hall–Kier alpha value is -3.33. The summed E-state index contributed by atoms with van der Waals surface area (Å²) in [6, 6.07) is 10.8. The van der Waals surface area contributed by atoms with E-state index in [1.54, 1.807) is 29.2 Å². The third-order valence-electron chi connectivity index (χ3n) is 5.78. The van der Waals surface area contributed by atoms with Gasteiger partial charge in [0.15, 0.2) is 0 Å². The lowest BCUT2D eigenvalue weighted by molar-refractivity contribution is 0.0634. The molecule has 0 radical (unpaired) electrons. The van der Waals surface area contributed by atoms with Crippen LogP contribution in [0.15, 0.2) is 58.4 Å². The van der Waals surface area contributed by atoms with E-state index in [9.17, 15) is 18.0 Å². The van der Waals surface area contributed by atoms with Crippen LogP contribution in [-0.2, 0) is 10.0 Å². The fraction of sp³-hybridized carbons (Fsp3) is 0.304. The second-order valence-corrected chi connectivity index (χ2v) is 9.60. The normalized spacial score (nSPS) is 16.7. The molecule has 0 aliphatic carbocycles. The number of amides is 1. The minimum absolute atomic E-state index is 0.0153. The molecule has 2 N–H and O–H groups in total. The number of pyridine rings is 1. The van der Waals surface area contributed by atoms with Crippen molar-refractivity contribution in [3.8, 4) is 5.75 Å². The third-order valence-corrected chi connectivity index (χ3v) is 7.16. The largest absolute Gasteiger partial charge is 0.497 e. The van der Waals surface area contributed by atoms with Gasteiger partial charge in [-0.3, -0.25) is 14.3 Å². The number of likely N-dealkylation sites (tertiary alicyclic amines) is 1. The highest BCUT2D eigenvalue weighted by molar-refractivity contribution is 7.92. The number of rotatable bonds is 5. The van der Waals surface area contributed by atoms with Crippen molar-refractivity contribution in [3.05, 3.63) is 64.4 Å². The maximum atomic E-state index is 13.1. The van der Waals surface area contributed by atoms with Crippen LogP contribution in [0.2, 0.25) is 0 Å². The van der Waals surface area contributed by atoms with Gasteiger partial charge in [-0.05, 0) is 56.5 Å². The van der Waals surface area contributed by atoms with E-state index in [2.05, 4.69) is 9.71 Å². The molecule has 1 aromatic heterocycles. The van der Waals surface area contributed by atoms with E-state index in [-0.39, 0.29) is 27.8 Å². The molecule has 1 aliphatic rings. The number of hydrogen-bond donors (Lipinski definition) is 2. The average molecular weight is 456 g/mol. The Morgan fingerprint density at radius 1 is 1.19 bits per heavy atom. The van der Waals surface area contributed by atoms with Crippen molar-refractivity contribution in [2.24, 2.45) is 0 Å². The Kier molecular flexibility index (Phi) is 5.92. The summed E-state index contributed by atoms with van der Waals surface area (Å²) in [5.74, 6) is 0.179. The Bertz CT molecular complexity index is 1330. The van der Waals surface area contributed by atoms with Gasteiger partial charge in [-0.1, -0.05) is 6.07 Å². The molecule has 0 unspecified atom stereocenters. The SMILES string of the molecule is COc1cccc(NS(=O)(=O)c2ccc3[nH]cc(C(=O)N4CCCC[C@H]4C)c(=O)c3c2)c1. The lowest BCUT2D eigenvalue weighted by atomic mass is 10.0. The predicted octanol–water partition coefficient (Wildman–Crippen LogP) is 3.35. The van der Waals surface area contributed by atoms with Crippen molar-refractivity contribution >= 4 is 32.5 Å². The molecule has 8 nitrogen and oxygen atoms in total. The number of piperidine rings is 1. The zero-order valence-electron chi connectivity index (χ0n) is 17.9. The summed E-state index contributed by atoms with van der Waals surface area (Å²) < 4.78 is 33.5. The summed E-state index contributed by atoms with van der Waals surface area (Å²) >= 11 is 0. The van der Waals surface area contributed by atoms with Crippen LogP contribution in [0, 0.1) is 0 Å². The molecule has 0 bridgehead atoms. The number of fused-ring (bicyclic) bond motifs is 1. The van der Waals surface area contributed by atoms with Crippen molar-refractivity contribution in [1.82, 2.24) is 9.88 Å². The number of anilines is 1. The van der Waals surface area contributed by atoms with Crippen LogP contribution in [0.5, 0.6) is 5.75 Å². The second-order valence-electron chi connectivity index (χ2n) is 7.92. The fourth-order valence-electron chi connectivity index (χ4n) is 3.98. The Morgan fingerprint density at radius 2 is 2.00 bits per heavy atom. The molecule has 1 saturated heterocycles. The van der Waals surface area contributed by atoms with Crippen LogP contribution in [0.25, 0.3) is 10.9 Å². The van der Waals surface area contributed by atoms with Gasteiger partial charge in [-0.25, -0.2) is 8.42 Å². The van der Waals surface area contributed by atoms with Gasteiger partial charge in [0.05, 0.1) is 17.7 Å². The molecule has 3 aromatic rings. The number of carbonyl (C=O) groups excluding carboxylic acids is 1. The van der Waals surface area contributed by atoms with Crippen molar-refractivity contribution in [2.45, 2.75) is 37.1 Å². The highest BCUT2D eigenvalue weighted by Gasteiger charge is 2.26. The first-order chi connectivity index (χ1) is 15.3. The van der Waals surface area contributed by atoms with Gasteiger partial charge in [0.2, 0.25) is 5.43 Å². The maximum Gasteiger partial charge on any atom is 0.261 e. The number of sulfonamides is 1. The van der Waals surface area contributed by atoms with Crippen molar-refractivity contribution < 1.29 is 17.9 Å². The maximum absolute atomic E-state index is 13.1. The molecule has 4 rings (SSSR count). The highest BCUT2D eigenvalue weighted by atomic mass is 32.2. The molecule has 2 aromatic carbocycles. The number of H-pyrrole nitrogens is 1. The number of carbonyl (C=O) groups is 1. The first-order valence-electron chi connectivity index (χ1n) is 10.4. The van der Waals surface area contributed by atoms with Gasteiger partial charge >= 0.3 is 0 Å². The monoisotopic (exact) mass is 455 g/mol. The third kappa shape index (κ3) is 4.20. The molecule has 1 fully saturated rings. The topological polar surface area (TPSA) is 109 Å². The minimum atomic E-state index is -3.96. The Morgan fingerprint density at radius 3 is 2.75 bits per heavy atom. The van der Waals surface area contributed by atoms with E-state index < -0.39 is 15.5 Å². The van der Waals surface area contributed by atoms with Crippen LogP contribution in [-0.4, -0.2) is 43.9 Å². The Balaban J connectivity index is 1.70. The number of hydrogen-bond acceptors (Lipinski definition) is 5. The molecular weight excluding hydrogens is 430 g/mol. The van der Waals surface area contributed by atoms with Gasteiger partial charge in [-0.2, -0.15) is 0 Å². The predicted molar refractivity (Wildman–Crippen MR) is 123 cm³/mol. The summed E-state index contributed by atoms with van der Waals surface area (Å²) in [6.45, 7) is 2.58. The number of nitrogens with zero attached hydrogens (tertiary/aromatic N) is 1. The van der Waals surface area contributed by atoms with Gasteiger partial charge in [0.25, 0.3) is 15.9 Å². The van der Waals surface area contributed by atoms with Gasteiger partial charge in [0, 0.05) is 35.8 Å². The minimum Gasteiger partial charge on any atom is -0.497 e. The molecular formula is C23H25N3O5S. The number of aromatic nitrogens is 1. The molecule has 168 valence electrons. The number of benzene rings is 2. The molecule has 1 amide bonds. The van der Waals surface area contributed by atoms with E-state index in [1.165, 1.54) is 31.5 Å². The lowest BCUT2D eigenvalue weighted by Crippen LogP contribution is -2.43. The van der Waals surface area contributed by atoms with Crippen molar-refractivity contribution in [1.29, 1.82) is 0 Å². The quantitative estimate of drug-likeness (QED) is 0.613. The van der Waals surface area contributed by atoms with Crippen LogP contribution < -0.4 is 14.9 Å². The number of methoxy groups -OCH3 is 1. The highest BCUT2D eigenvalue weighted by Crippen LogP contribution is 2.23. The Labute approximate surface area is 186 Å². The van der Waals surface area contributed by atoms with E-state index in [0.717, 1.165) is 19.3 Å². The van der Waals surface area contributed by atoms with Crippen molar-refractivity contribution in [3.63, 3.8) is 0 Å². The number of ether oxygens (including phenoxy) is 1. The lowest BCUT2D eigenvalue weighted by Gasteiger charge is -2.33. The van der Waals surface area contributed by atoms with E-state index in [1.807, 2.05) is 6.92 Å². The summed E-state index contributed by atoms with van der Waals surface area (Å²) in [7, 11) is -2.47. The smallest absolute Gasteiger partial charge is 0.261 e. The fourth-order valence-corrected chi connectivity index (χ4v) is 5.05. The average Bonchev–Trinajstić information content (AvgIpc) is 2.79. The second kappa shape index (κ2) is 8.66. The number of nitrogens with one attached hydrogen (secondary N) is 2. The standard InChI is InChI=1S/C23H25N3O5S/c1-15-6-3-4-11-26(15)23(28)20-14-24-21-10-9-18(13-19(21)22(20)27)32(29,30)25-16-7-5-8-17(12-16)31-2/h5,7-10,12-15,25H,3-4,6,11H2,1-2H3,(H,24,27)/t15-/m1/s1. The molecule has 2 heterocycles. The first-order valence-corrected chi connectivity index (χ1v) is 11.9. The number of aromatic amines is 1. The molecule has 1 aliphatic heterocycles. The van der Waals surface area contributed by atoms with Gasteiger partial charge in [0.1, 0.15) is 11.3 Å². The molecule has 0 saturated carbocycles. The van der Waals surface area contributed by atoms with Gasteiger partial charge < -0.3 is 14.6 Å². The summed E-state index contributed by atoms with van der Waals surface area (Å²) in [5, 5.41) is 0.147. The zero-order chi connectivity index (χ0) is 22.9. The van der Waals surface area contributed by atoms with E-state index in [4.69, 9.17) is 4.74 Å². The first kappa shape index (κ1) is 21.9. The van der Waals surface area contributed by atoms with Crippen LogP contribution in [0.4, 0.5) is 5.69 Å². The van der Waals surface area contributed by atoms with E-state index in [0.29, 0.717) is 23.5 Å². The van der Waals surface area contributed by atoms with Crippen LogP contribution in [0.3, 0.4) is 0 Å². The summed E-state index contributed by atoms with van der Waals surface area (Å²) in [6.07, 6.45) is 4.27.